The van der Waals surface area contributed by atoms with Crippen molar-refractivity contribution in [2.75, 3.05) is 0 Å². The highest BCUT2D eigenvalue weighted by Gasteiger charge is 2.50. The minimum atomic E-state index is -0.225. The van der Waals surface area contributed by atoms with E-state index >= 15 is 0 Å². The van der Waals surface area contributed by atoms with Gasteiger partial charge in [-0.2, -0.15) is 0 Å². The highest BCUT2D eigenvalue weighted by molar-refractivity contribution is 5.60. The van der Waals surface area contributed by atoms with Crippen LogP contribution in [0.5, 0.6) is 0 Å². The second-order valence-electron chi connectivity index (χ2n) is 6.80. The molecule has 1 aliphatic carbocycles. The van der Waals surface area contributed by atoms with Crippen LogP contribution in [0.1, 0.15) is 41.0 Å². The molecular weight excluding hydrogens is 288 g/mol. The molecule has 0 saturated heterocycles. The smallest absolute Gasteiger partial charge is 0.0458 e. The normalized spacial score (nSPS) is 24.9. The first-order chi connectivity index (χ1) is 11.4. The van der Waals surface area contributed by atoms with Crippen molar-refractivity contribution in [2.45, 2.75) is 41.0 Å². The van der Waals surface area contributed by atoms with E-state index in [1.165, 1.54) is 22.3 Å². The minimum absolute atomic E-state index is 0.0307. The summed E-state index contributed by atoms with van der Waals surface area (Å²) in [7, 11) is 0. The Morgan fingerprint density at radius 3 is 1.83 bits per heavy atom. The van der Waals surface area contributed by atoms with Crippen LogP contribution in [0.4, 0.5) is 0 Å². The molecule has 0 aromatic heterocycles. The van der Waals surface area contributed by atoms with Gasteiger partial charge in [-0.1, -0.05) is 88.3 Å². The zero-order valence-electron chi connectivity index (χ0n) is 16.0. The molecular formula is C24H32. The van der Waals surface area contributed by atoms with Gasteiger partial charge in [0.25, 0.3) is 0 Å². The molecule has 0 heterocycles. The first kappa shape index (κ1) is 20.0. The van der Waals surface area contributed by atoms with Crippen LogP contribution in [-0.4, -0.2) is 0 Å². The molecule has 0 spiro atoms. The van der Waals surface area contributed by atoms with E-state index in [-0.39, 0.29) is 10.8 Å². The van der Waals surface area contributed by atoms with E-state index in [2.05, 4.69) is 90.8 Å². The van der Waals surface area contributed by atoms with Gasteiger partial charge >= 0.3 is 0 Å². The molecule has 0 saturated carbocycles. The third-order valence-corrected chi connectivity index (χ3v) is 4.88. The van der Waals surface area contributed by atoms with Crippen LogP contribution in [0.3, 0.4) is 0 Å². The lowest BCUT2D eigenvalue weighted by Gasteiger charge is -2.37. The molecule has 0 radical (unpaired) electrons. The number of hydrogen-bond acceptors (Lipinski definition) is 0. The molecule has 1 aliphatic rings. The molecule has 0 N–H and O–H groups in total. The summed E-state index contributed by atoms with van der Waals surface area (Å²) in [4.78, 5) is 0. The van der Waals surface area contributed by atoms with Crippen LogP contribution in [0.2, 0.25) is 0 Å². The Balaban J connectivity index is 3.98. The van der Waals surface area contributed by atoms with Crippen molar-refractivity contribution in [3.05, 3.63) is 96.7 Å². The van der Waals surface area contributed by atoms with Crippen LogP contribution in [0.25, 0.3) is 0 Å². The van der Waals surface area contributed by atoms with Crippen LogP contribution in [-0.2, 0) is 0 Å². The Labute approximate surface area is 149 Å². The Morgan fingerprint density at radius 1 is 0.875 bits per heavy atom. The van der Waals surface area contributed by atoms with E-state index in [9.17, 15) is 0 Å². The fourth-order valence-corrected chi connectivity index (χ4v) is 4.11. The fraction of sp³-hybridized carbons (Fsp3) is 0.333. The molecule has 0 amide bonds. The van der Waals surface area contributed by atoms with E-state index in [1.54, 1.807) is 0 Å². The van der Waals surface area contributed by atoms with Crippen LogP contribution >= 0.6 is 0 Å². The zero-order valence-corrected chi connectivity index (χ0v) is 16.0. The van der Waals surface area contributed by atoms with Crippen molar-refractivity contribution in [3.8, 4) is 0 Å². The second-order valence-corrected chi connectivity index (χ2v) is 6.80. The predicted molar refractivity (Wildman–Crippen MR) is 110 cm³/mol. The zero-order chi connectivity index (χ0) is 18.4. The first-order valence-corrected chi connectivity index (χ1v) is 8.65. The first-order valence-electron chi connectivity index (χ1n) is 8.65. The number of hydrogen-bond donors (Lipinski definition) is 0. The Hall–Kier alpha value is -2.08. The summed E-state index contributed by atoms with van der Waals surface area (Å²) in [5.41, 5.74) is 4.86. The van der Waals surface area contributed by atoms with Gasteiger partial charge in [-0.3, -0.25) is 0 Å². The summed E-state index contributed by atoms with van der Waals surface area (Å²) >= 11 is 0. The SMILES string of the molecule is C=C/C=C(\C=C/C)C1(C(/C=C\C)=C/C)CC(C)(C)C(C=C)=C1C=C. The third kappa shape index (κ3) is 3.24. The van der Waals surface area contributed by atoms with Gasteiger partial charge in [0.05, 0.1) is 0 Å². The van der Waals surface area contributed by atoms with Crippen molar-refractivity contribution in [2.24, 2.45) is 10.8 Å². The Kier molecular flexibility index (Phi) is 6.78. The number of rotatable bonds is 7. The maximum absolute atomic E-state index is 4.15. The van der Waals surface area contributed by atoms with E-state index in [0.29, 0.717) is 0 Å². The lowest BCUT2D eigenvalue weighted by molar-refractivity contribution is 0.361. The van der Waals surface area contributed by atoms with Gasteiger partial charge in [-0.05, 0) is 54.9 Å². The molecule has 0 aromatic rings. The topological polar surface area (TPSA) is 0 Å². The van der Waals surface area contributed by atoms with Crippen LogP contribution in [0, 0.1) is 10.8 Å². The second kappa shape index (κ2) is 8.15. The lowest BCUT2D eigenvalue weighted by atomic mass is 9.66. The van der Waals surface area contributed by atoms with Crippen molar-refractivity contribution >= 4 is 0 Å². The monoisotopic (exact) mass is 320 g/mol. The maximum Gasteiger partial charge on any atom is 0.0458 e. The fourth-order valence-electron chi connectivity index (χ4n) is 4.11. The molecule has 128 valence electrons. The predicted octanol–water partition coefficient (Wildman–Crippen LogP) is 7.28. The summed E-state index contributed by atoms with van der Waals surface area (Å²) in [5.74, 6) is 0. The highest BCUT2D eigenvalue weighted by atomic mass is 14.5. The quantitative estimate of drug-likeness (QED) is 0.432. The highest BCUT2D eigenvalue weighted by Crippen LogP contribution is 2.61. The molecule has 24 heavy (non-hydrogen) atoms. The lowest BCUT2D eigenvalue weighted by Crippen LogP contribution is -2.26. The van der Waals surface area contributed by atoms with E-state index in [1.807, 2.05) is 18.2 Å². The van der Waals surface area contributed by atoms with Gasteiger partial charge in [0.2, 0.25) is 0 Å². The van der Waals surface area contributed by atoms with E-state index in [4.69, 9.17) is 0 Å². The molecule has 0 bridgehead atoms. The summed E-state index contributed by atoms with van der Waals surface area (Å²) in [6.07, 6.45) is 19.8. The Bertz CT molecular complexity index is 656. The van der Waals surface area contributed by atoms with Crippen molar-refractivity contribution in [1.82, 2.24) is 0 Å². The molecule has 0 aliphatic heterocycles. The van der Waals surface area contributed by atoms with Gasteiger partial charge < -0.3 is 0 Å². The largest absolute Gasteiger partial charge is 0.0991 e. The molecule has 0 nitrogen and oxygen atoms in total. The molecule has 0 fully saturated rings. The van der Waals surface area contributed by atoms with Crippen molar-refractivity contribution in [3.63, 3.8) is 0 Å². The van der Waals surface area contributed by atoms with Gasteiger partial charge in [0.15, 0.2) is 0 Å². The molecule has 1 unspecified atom stereocenters. The van der Waals surface area contributed by atoms with Gasteiger partial charge in [-0.25, -0.2) is 0 Å². The average Bonchev–Trinajstić information content (AvgIpc) is 2.79. The summed E-state index contributed by atoms with van der Waals surface area (Å²) in [5, 5.41) is 0. The minimum Gasteiger partial charge on any atom is -0.0991 e. The van der Waals surface area contributed by atoms with Gasteiger partial charge in [-0.15, -0.1) is 0 Å². The van der Waals surface area contributed by atoms with E-state index < -0.39 is 0 Å². The summed E-state index contributed by atoms with van der Waals surface area (Å²) in [6.45, 7) is 23.0. The molecule has 1 atom stereocenters. The van der Waals surface area contributed by atoms with E-state index in [0.717, 1.165) is 6.42 Å². The Morgan fingerprint density at radius 2 is 1.42 bits per heavy atom. The maximum atomic E-state index is 4.15. The van der Waals surface area contributed by atoms with Gasteiger partial charge in [0.1, 0.15) is 0 Å². The molecule has 1 rings (SSSR count). The number of allylic oxidation sites excluding steroid dienone is 13. The standard InChI is InChI=1S/C24H32/c1-9-15-19(12-4)24(20(16-10-2)17-11-3)18-23(7,8)21(13-5)22(24)14-6/h9-17H,2,5-6,18H2,1,3-4,7-8H3/b15-9-,17-11-,19-12+,20-16+. The third-order valence-electron chi connectivity index (χ3n) is 4.88. The summed E-state index contributed by atoms with van der Waals surface area (Å²) in [6, 6.07) is 0. The summed E-state index contributed by atoms with van der Waals surface area (Å²) < 4.78 is 0. The van der Waals surface area contributed by atoms with Gasteiger partial charge in [0, 0.05) is 5.41 Å². The molecule has 0 aromatic carbocycles. The van der Waals surface area contributed by atoms with Crippen LogP contribution < -0.4 is 0 Å². The van der Waals surface area contributed by atoms with Crippen molar-refractivity contribution in [1.29, 1.82) is 0 Å². The average molecular weight is 321 g/mol. The van der Waals surface area contributed by atoms with Crippen LogP contribution in [0.15, 0.2) is 96.7 Å². The van der Waals surface area contributed by atoms with Crippen molar-refractivity contribution < 1.29 is 0 Å². The molecule has 0 heteroatoms.